The average molecular weight is 343 g/mol. The summed E-state index contributed by atoms with van der Waals surface area (Å²) < 4.78 is 5.30. The molecule has 25 heavy (non-hydrogen) atoms. The van der Waals surface area contributed by atoms with Crippen molar-refractivity contribution in [3.8, 4) is 0 Å². The van der Waals surface area contributed by atoms with E-state index in [0.717, 1.165) is 5.39 Å². The largest absolute Gasteiger partial charge is 0.481 e. The lowest BCUT2D eigenvalue weighted by Gasteiger charge is -2.20. The van der Waals surface area contributed by atoms with E-state index in [2.05, 4.69) is 0 Å². The second-order valence-electron chi connectivity index (χ2n) is 6.80. The van der Waals surface area contributed by atoms with Crippen LogP contribution in [0, 0.1) is 0 Å². The summed E-state index contributed by atoms with van der Waals surface area (Å²) in [6, 6.07) is 8.84. The smallest absolute Gasteiger partial charge is 0.311 e. The monoisotopic (exact) mass is 343 g/mol. The third kappa shape index (κ3) is 4.56. The van der Waals surface area contributed by atoms with Crippen LogP contribution >= 0.6 is 0 Å². The summed E-state index contributed by atoms with van der Waals surface area (Å²) in [4.78, 5) is 35.5. The Balaban J connectivity index is 2.54. The van der Waals surface area contributed by atoms with Gasteiger partial charge in [-0.25, -0.2) is 0 Å². The zero-order chi connectivity index (χ0) is 18.8. The van der Waals surface area contributed by atoms with Crippen LogP contribution in [0.5, 0.6) is 0 Å². The molecule has 0 bridgehead atoms. The van der Waals surface area contributed by atoms with Crippen LogP contribution in [0.2, 0.25) is 0 Å². The van der Waals surface area contributed by atoms with E-state index in [0.29, 0.717) is 10.9 Å². The number of nitrogens with two attached hydrogens (primary N) is 1. The number of nitrogen functional groups attached to an aromatic ring is 1. The number of fused-ring (bicyclic) bond motifs is 1. The minimum Gasteiger partial charge on any atom is -0.481 e. The number of esters is 1. The molecule has 3 N–H and O–H groups in total. The first-order valence-electron chi connectivity index (χ1n) is 7.85. The molecule has 2 aromatic rings. The van der Waals surface area contributed by atoms with Gasteiger partial charge in [0.2, 0.25) is 0 Å². The topological polar surface area (TPSA) is 107 Å². The number of anilines is 1. The Morgan fingerprint density at radius 1 is 1.16 bits per heavy atom. The van der Waals surface area contributed by atoms with Crippen molar-refractivity contribution >= 4 is 34.2 Å². The van der Waals surface area contributed by atoms with Gasteiger partial charge in [-0.05, 0) is 37.8 Å². The van der Waals surface area contributed by atoms with Gasteiger partial charge in [0.05, 0.1) is 12.1 Å². The third-order valence-electron chi connectivity index (χ3n) is 3.52. The van der Waals surface area contributed by atoms with E-state index in [1.807, 2.05) is 12.1 Å². The summed E-state index contributed by atoms with van der Waals surface area (Å²) in [6.07, 6.45) is -0.850. The Morgan fingerprint density at radius 3 is 2.40 bits per heavy atom. The van der Waals surface area contributed by atoms with Gasteiger partial charge in [0.15, 0.2) is 5.78 Å². The van der Waals surface area contributed by atoms with Crippen molar-refractivity contribution in [3.63, 3.8) is 0 Å². The quantitative estimate of drug-likeness (QED) is 0.374. The lowest BCUT2D eigenvalue weighted by molar-refractivity contribution is -0.153. The molecule has 0 aromatic heterocycles. The molecule has 0 saturated heterocycles. The summed E-state index contributed by atoms with van der Waals surface area (Å²) in [7, 11) is 0. The van der Waals surface area contributed by atoms with Crippen molar-refractivity contribution in [3.05, 3.63) is 41.5 Å². The standard InChI is InChI=1S/C19H21NO5/c1-19(2,3)25-16(24)9-12-8-11-6-4-5-7-13(11)18(20)17(12)14(21)10-15(22)23/h4-8H,9-10,20H2,1-3H3,(H,22,23). The Labute approximate surface area is 145 Å². The van der Waals surface area contributed by atoms with Gasteiger partial charge in [-0.2, -0.15) is 0 Å². The number of carboxylic acids is 1. The van der Waals surface area contributed by atoms with Crippen LogP contribution in [-0.4, -0.2) is 28.4 Å². The molecule has 132 valence electrons. The minimum atomic E-state index is -1.25. The summed E-state index contributed by atoms with van der Waals surface area (Å²) in [5.41, 5.74) is 6.10. The van der Waals surface area contributed by atoms with E-state index in [4.69, 9.17) is 15.6 Å². The molecular weight excluding hydrogens is 322 g/mol. The fraction of sp³-hybridized carbons (Fsp3) is 0.316. The van der Waals surface area contributed by atoms with Crippen LogP contribution in [0.3, 0.4) is 0 Å². The SMILES string of the molecule is CC(C)(C)OC(=O)Cc1cc2ccccc2c(N)c1C(=O)CC(=O)O. The van der Waals surface area contributed by atoms with Gasteiger partial charge in [-0.3, -0.25) is 14.4 Å². The van der Waals surface area contributed by atoms with E-state index in [1.54, 1.807) is 39.0 Å². The number of carbonyl (C=O) groups is 3. The van der Waals surface area contributed by atoms with Crippen molar-refractivity contribution in [2.45, 2.75) is 39.2 Å². The van der Waals surface area contributed by atoms with E-state index >= 15 is 0 Å². The Kier molecular flexibility index (Phi) is 5.11. The van der Waals surface area contributed by atoms with E-state index in [-0.39, 0.29) is 17.7 Å². The van der Waals surface area contributed by atoms with Crippen molar-refractivity contribution < 1.29 is 24.2 Å². The molecule has 0 aliphatic heterocycles. The zero-order valence-electron chi connectivity index (χ0n) is 14.5. The summed E-state index contributed by atoms with van der Waals surface area (Å²) in [5.74, 6) is -2.39. The number of aliphatic carboxylic acids is 1. The van der Waals surface area contributed by atoms with E-state index in [1.165, 1.54) is 0 Å². The molecule has 6 heteroatoms. The number of ketones is 1. The van der Waals surface area contributed by atoms with Crippen LogP contribution < -0.4 is 5.73 Å². The molecule has 0 atom stereocenters. The number of hydrogen-bond donors (Lipinski definition) is 2. The molecule has 2 aromatic carbocycles. The fourth-order valence-corrected chi connectivity index (χ4v) is 2.66. The molecule has 0 amide bonds. The van der Waals surface area contributed by atoms with Gasteiger partial charge >= 0.3 is 11.9 Å². The van der Waals surface area contributed by atoms with E-state index in [9.17, 15) is 14.4 Å². The first kappa shape index (κ1) is 18.4. The molecular formula is C19H21NO5. The molecule has 0 aliphatic carbocycles. The lowest BCUT2D eigenvalue weighted by Crippen LogP contribution is -2.25. The van der Waals surface area contributed by atoms with Crippen molar-refractivity contribution in [1.82, 2.24) is 0 Å². The summed E-state index contributed by atoms with van der Waals surface area (Å²) in [6.45, 7) is 5.24. The fourth-order valence-electron chi connectivity index (χ4n) is 2.66. The van der Waals surface area contributed by atoms with Crippen LogP contribution in [0.15, 0.2) is 30.3 Å². The van der Waals surface area contributed by atoms with Crippen LogP contribution in [-0.2, 0) is 20.7 Å². The maximum Gasteiger partial charge on any atom is 0.311 e. The van der Waals surface area contributed by atoms with Crippen LogP contribution in [0.25, 0.3) is 10.8 Å². The van der Waals surface area contributed by atoms with Crippen molar-refractivity contribution in [1.29, 1.82) is 0 Å². The highest BCUT2D eigenvalue weighted by Gasteiger charge is 2.23. The average Bonchev–Trinajstić information content (AvgIpc) is 2.44. The lowest BCUT2D eigenvalue weighted by atomic mass is 9.93. The number of hydrogen-bond acceptors (Lipinski definition) is 5. The van der Waals surface area contributed by atoms with Gasteiger partial charge < -0.3 is 15.6 Å². The molecule has 0 aliphatic rings. The second-order valence-corrected chi connectivity index (χ2v) is 6.80. The molecule has 6 nitrogen and oxygen atoms in total. The Morgan fingerprint density at radius 2 is 1.80 bits per heavy atom. The maximum atomic E-state index is 12.4. The van der Waals surface area contributed by atoms with Gasteiger partial charge in [0, 0.05) is 10.9 Å². The predicted octanol–water partition coefficient (Wildman–Crippen LogP) is 2.96. The van der Waals surface area contributed by atoms with Crippen LogP contribution in [0.4, 0.5) is 5.69 Å². The number of ether oxygens (including phenoxy) is 1. The van der Waals surface area contributed by atoms with Crippen LogP contribution in [0.1, 0.15) is 43.1 Å². The first-order chi connectivity index (χ1) is 11.6. The summed E-state index contributed by atoms with van der Waals surface area (Å²) in [5, 5.41) is 10.3. The van der Waals surface area contributed by atoms with Gasteiger partial charge in [0.25, 0.3) is 0 Å². The normalized spacial score (nSPS) is 11.3. The molecule has 0 saturated carbocycles. The molecule has 0 fully saturated rings. The third-order valence-corrected chi connectivity index (χ3v) is 3.52. The number of benzene rings is 2. The van der Waals surface area contributed by atoms with Gasteiger partial charge in [-0.15, -0.1) is 0 Å². The first-order valence-corrected chi connectivity index (χ1v) is 7.85. The molecule has 0 radical (unpaired) electrons. The van der Waals surface area contributed by atoms with Crippen molar-refractivity contribution in [2.24, 2.45) is 0 Å². The maximum absolute atomic E-state index is 12.4. The highest BCUT2D eigenvalue weighted by molar-refractivity contribution is 6.14. The number of carbonyl (C=O) groups excluding carboxylic acids is 2. The number of carboxylic acid groups (broad SMARTS) is 1. The molecule has 0 heterocycles. The summed E-state index contributed by atoms with van der Waals surface area (Å²) >= 11 is 0. The zero-order valence-corrected chi connectivity index (χ0v) is 14.5. The number of Topliss-reactive ketones (excluding diaryl/α,β-unsaturated/α-hetero) is 1. The molecule has 0 unspecified atom stereocenters. The second kappa shape index (κ2) is 6.93. The van der Waals surface area contributed by atoms with Gasteiger partial charge in [-0.1, -0.05) is 24.3 Å². The minimum absolute atomic E-state index is 0.0759. The number of rotatable bonds is 5. The van der Waals surface area contributed by atoms with E-state index < -0.39 is 29.7 Å². The highest BCUT2D eigenvalue weighted by atomic mass is 16.6. The molecule has 0 spiro atoms. The molecule has 2 rings (SSSR count). The van der Waals surface area contributed by atoms with Gasteiger partial charge in [0.1, 0.15) is 12.0 Å². The predicted molar refractivity (Wildman–Crippen MR) is 94.5 cm³/mol. The Hall–Kier alpha value is -2.89. The highest BCUT2D eigenvalue weighted by Crippen LogP contribution is 2.30. The Bertz CT molecular complexity index is 849. The van der Waals surface area contributed by atoms with Crippen molar-refractivity contribution in [2.75, 3.05) is 5.73 Å².